The van der Waals surface area contributed by atoms with E-state index >= 15 is 4.39 Å². The second kappa shape index (κ2) is 12.6. The normalized spacial score (nSPS) is 12.4. The standard InChI is InChI=1S/C31H24F7N3O6S/c1-4-45-27-14-26(30(33,34)35)40-41(27)24-10-7-18(19-12-23(32)22(15-42)25(13-19)48(3,43)44)11-21(24)28-29(46-16(2)39-28)17-5-8-20(9-6-17)47-31(36,37)38/h5-14,42H,4,15H2,1-3H3. The number of aliphatic hydroxyl groups excluding tert-OH is 1. The molecule has 3 aromatic carbocycles. The first-order valence-corrected chi connectivity index (χ1v) is 15.7. The summed E-state index contributed by atoms with van der Waals surface area (Å²) in [6.45, 7) is 2.06. The van der Waals surface area contributed by atoms with E-state index in [4.69, 9.17) is 9.15 Å². The van der Waals surface area contributed by atoms with Crippen LogP contribution >= 0.6 is 0 Å². The van der Waals surface area contributed by atoms with Gasteiger partial charge >= 0.3 is 12.5 Å². The average molecular weight is 700 g/mol. The number of aromatic nitrogens is 3. The highest BCUT2D eigenvalue weighted by molar-refractivity contribution is 7.90. The molecule has 0 spiro atoms. The van der Waals surface area contributed by atoms with E-state index in [-0.39, 0.29) is 57.8 Å². The molecule has 1 N–H and O–H groups in total. The van der Waals surface area contributed by atoms with Crippen molar-refractivity contribution < 1.29 is 58.1 Å². The minimum Gasteiger partial charge on any atom is -0.478 e. The highest BCUT2D eigenvalue weighted by atomic mass is 32.2. The van der Waals surface area contributed by atoms with Gasteiger partial charge in [0.15, 0.2) is 27.2 Å². The molecule has 0 bridgehead atoms. The number of hydrogen-bond donors (Lipinski definition) is 1. The summed E-state index contributed by atoms with van der Waals surface area (Å²) in [6.07, 6.45) is -8.98. The van der Waals surface area contributed by atoms with Gasteiger partial charge in [0, 0.05) is 35.9 Å². The SMILES string of the molecule is CCOc1cc(C(F)(F)F)nn1-c1ccc(-c2cc(F)c(CO)c(S(C)(=O)=O)c2)cc1-c1nc(C)oc1-c1ccc(OC(F)(F)F)cc1. The zero-order chi connectivity index (χ0) is 35.2. The molecule has 5 aromatic rings. The van der Waals surface area contributed by atoms with Gasteiger partial charge < -0.3 is 19.0 Å². The van der Waals surface area contributed by atoms with Crippen molar-refractivity contribution in [1.82, 2.24) is 14.8 Å². The molecule has 0 amide bonds. The number of sulfone groups is 1. The van der Waals surface area contributed by atoms with Crippen molar-refractivity contribution in [1.29, 1.82) is 0 Å². The van der Waals surface area contributed by atoms with Gasteiger partial charge in [0.2, 0.25) is 5.88 Å². The Bertz CT molecular complexity index is 2090. The van der Waals surface area contributed by atoms with Crippen LogP contribution in [0.5, 0.6) is 11.6 Å². The average Bonchev–Trinajstić information content (AvgIpc) is 3.59. The Hall–Kier alpha value is -4.90. The van der Waals surface area contributed by atoms with Gasteiger partial charge in [0.1, 0.15) is 17.3 Å². The van der Waals surface area contributed by atoms with Crippen molar-refractivity contribution >= 4 is 9.84 Å². The summed E-state index contributed by atoms with van der Waals surface area (Å²) in [5.74, 6) is -1.80. The summed E-state index contributed by atoms with van der Waals surface area (Å²) in [5.41, 5.74) is -1.33. The maximum Gasteiger partial charge on any atom is 0.573 e. The number of alkyl halides is 6. The molecule has 0 aliphatic rings. The zero-order valence-corrected chi connectivity index (χ0v) is 25.9. The molecule has 48 heavy (non-hydrogen) atoms. The second-order valence-electron chi connectivity index (χ2n) is 10.3. The molecule has 254 valence electrons. The predicted octanol–water partition coefficient (Wildman–Crippen LogP) is 7.52. The molecule has 9 nitrogen and oxygen atoms in total. The fourth-order valence-corrected chi connectivity index (χ4v) is 5.84. The predicted molar refractivity (Wildman–Crippen MR) is 157 cm³/mol. The summed E-state index contributed by atoms with van der Waals surface area (Å²) in [4.78, 5) is 3.93. The second-order valence-corrected chi connectivity index (χ2v) is 12.3. The van der Waals surface area contributed by atoms with Gasteiger partial charge in [-0.15, -0.1) is 13.2 Å². The van der Waals surface area contributed by atoms with Crippen LogP contribution in [-0.4, -0.2) is 47.5 Å². The van der Waals surface area contributed by atoms with Crippen molar-refractivity contribution in [3.63, 3.8) is 0 Å². The van der Waals surface area contributed by atoms with Crippen LogP contribution in [0.15, 0.2) is 70.0 Å². The quantitative estimate of drug-likeness (QED) is 0.157. The minimum absolute atomic E-state index is 0.00358. The van der Waals surface area contributed by atoms with Crippen LogP contribution in [0.4, 0.5) is 30.7 Å². The van der Waals surface area contributed by atoms with Gasteiger partial charge in [-0.3, -0.25) is 0 Å². The summed E-state index contributed by atoms with van der Waals surface area (Å²) in [7, 11) is -4.03. The van der Waals surface area contributed by atoms with Gasteiger partial charge in [-0.25, -0.2) is 17.8 Å². The maximum atomic E-state index is 15.1. The van der Waals surface area contributed by atoms with Crippen LogP contribution in [0.2, 0.25) is 0 Å². The van der Waals surface area contributed by atoms with E-state index in [2.05, 4.69) is 14.8 Å². The van der Waals surface area contributed by atoms with Crippen molar-refractivity contribution in [3.05, 3.63) is 83.6 Å². The van der Waals surface area contributed by atoms with Crippen LogP contribution in [0.1, 0.15) is 24.1 Å². The van der Waals surface area contributed by atoms with Gasteiger partial charge in [0.25, 0.3) is 0 Å². The summed E-state index contributed by atoms with van der Waals surface area (Å²) in [5, 5.41) is 13.3. The van der Waals surface area contributed by atoms with Crippen molar-refractivity contribution in [2.24, 2.45) is 0 Å². The molecule has 0 fully saturated rings. The van der Waals surface area contributed by atoms with Gasteiger partial charge in [0.05, 0.1) is 23.8 Å². The van der Waals surface area contributed by atoms with E-state index in [1.54, 1.807) is 6.92 Å². The van der Waals surface area contributed by atoms with Crippen LogP contribution in [-0.2, 0) is 22.6 Å². The Morgan fingerprint density at radius 3 is 2.19 bits per heavy atom. The van der Waals surface area contributed by atoms with Crippen molar-refractivity contribution in [3.8, 4) is 51.0 Å². The molecule has 2 aromatic heterocycles. The smallest absolute Gasteiger partial charge is 0.478 e. The topological polar surface area (TPSA) is 117 Å². The number of aryl methyl sites for hydroxylation is 1. The van der Waals surface area contributed by atoms with Crippen LogP contribution in [0, 0.1) is 12.7 Å². The van der Waals surface area contributed by atoms with Crippen LogP contribution in [0.3, 0.4) is 0 Å². The molecule has 0 radical (unpaired) electrons. The number of ether oxygens (including phenoxy) is 2. The molecule has 0 saturated heterocycles. The number of benzene rings is 3. The molecule has 2 heterocycles. The third-order valence-corrected chi connectivity index (χ3v) is 8.03. The first-order chi connectivity index (χ1) is 22.4. The van der Waals surface area contributed by atoms with E-state index in [0.29, 0.717) is 6.07 Å². The maximum absolute atomic E-state index is 15.1. The van der Waals surface area contributed by atoms with Crippen LogP contribution < -0.4 is 9.47 Å². The monoisotopic (exact) mass is 699 g/mol. The lowest BCUT2D eigenvalue weighted by molar-refractivity contribution is -0.274. The Balaban J connectivity index is 1.78. The van der Waals surface area contributed by atoms with Gasteiger partial charge in [-0.2, -0.15) is 23.0 Å². The van der Waals surface area contributed by atoms with E-state index in [9.17, 15) is 39.9 Å². The van der Waals surface area contributed by atoms with Crippen molar-refractivity contribution in [2.75, 3.05) is 12.9 Å². The Kier molecular flexibility index (Phi) is 9.05. The third-order valence-electron chi connectivity index (χ3n) is 6.87. The summed E-state index contributed by atoms with van der Waals surface area (Å²) >= 11 is 0. The minimum atomic E-state index is -4.95. The highest BCUT2D eigenvalue weighted by Gasteiger charge is 2.36. The fraction of sp³-hybridized carbons (Fsp3) is 0.226. The number of oxazole rings is 1. The van der Waals surface area contributed by atoms with E-state index in [1.807, 2.05) is 0 Å². The Labute approximate surface area is 268 Å². The van der Waals surface area contributed by atoms with E-state index in [1.165, 1.54) is 37.3 Å². The lowest BCUT2D eigenvalue weighted by Gasteiger charge is -2.16. The molecule has 0 saturated carbocycles. The molecule has 5 rings (SSSR count). The lowest BCUT2D eigenvalue weighted by atomic mass is 9.97. The third kappa shape index (κ3) is 7.16. The molecule has 0 aliphatic carbocycles. The summed E-state index contributed by atoms with van der Waals surface area (Å²) < 4.78 is 136. The number of nitrogens with zero attached hydrogens (tertiary/aromatic N) is 3. The summed E-state index contributed by atoms with van der Waals surface area (Å²) in [6, 6.07) is 11.4. The van der Waals surface area contributed by atoms with Gasteiger partial charge in [-0.1, -0.05) is 6.07 Å². The van der Waals surface area contributed by atoms with E-state index in [0.717, 1.165) is 35.2 Å². The van der Waals surface area contributed by atoms with E-state index < -0.39 is 56.7 Å². The largest absolute Gasteiger partial charge is 0.573 e. The molecule has 0 aliphatic heterocycles. The molecular weight excluding hydrogens is 675 g/mol. The highest BCUT2D eigenvalue weighted by Crippen LogP contribution is 2.41. The zero-order valence-electron chi connectivity index (χ0n) is 25.1. The van der Waals surface area contributed by atoms with Crippen molar-refractivity contribution in [2.45, 2.75) is 37.9 Å². The first-order valence-electron chi connectivity index (χ1n) is 13.8. The molecule has 0 unspecified atom stereocenters. The molecular formula is C31H24F7N3O6S. The molecule has 17 heteroatoms. The number of halogens is 7. The lowest BCUT2D eigenvalue weighted by Crippen LogP contribution is -2.16. The first kappa shape index (κ1) is 34.4. The molecule has 0 atom stereocenters. The number of rotatable bonds is 9. The Morgan fingerprint density at radius 1 is 0.938 bits per heavy atom. The fourth-order valence-electron chi connectivity index (χ4n) is 4.89. The number of aliphatic hydroxyl groups is 1. The van der Waals surface area contributed by atoms with Crippen LogP contribution in [0.25, 0.3) is 39.4 Å². The van der Waals surface area contributed by atoms with Gasteiger partial charge in [-0.05, 0) is 66.6 Å². The Morgan fingerprint density at radius 2 is 1.60 bits per heavy atom. The number of hydrogen-bond acceptors (Lipinski definition) is 8.